The Morgan fingerprint density at radius 1 is 0.875 bits per heavy atom. The fraction of sp³-hybridized carbons (Fsp3) is 0. The SMILES string of the molecule is O=C(c1ccc(Cl)cc1Cl)N(c1ccc(Cl)cc1)c1cccnc1. The summed E-state index contributed by atoms with van der Waals surface area (Å²) in [5.74, 6) is -0.285. The molecule has 0 atom stereocenters. The van der Waals surface area contributed by atoms with Gasteiger partial charge in [-0.2, -0.15) is 0 Å². The molecule has 0 aliphatic carbocycles. The van der Waals surface area contributed by atoms with Crippen LogP contribution in [0.15, 0.2) is 67.0 Å². The molecule has 0 aliphatic heterocycles. The van der Waals surface area contributed by atoms with Gasteiger partial charge in [0.2, 0.25) is 0 Å². The van der Waals surface area contributed by atoms with Crippen molar-refractivity contribution in [3.8, 4) is 0 Å². The molecule has 1 amide bonds. The second-order valence-corrected chi connectivity index (χ2v) is 6.23. The maximum atomic E-state index is 13.1. The number of rotatable bonds is 3. The molecule has 1 aromatic heterocycles. The third-order valence-electron chi connectivity index (χ3n) is 3.35. The predicted octanol–water partition coefficient (Wildman–Crippen LogP) is 6.02. The summed E-state index contributed by atoms with van der Waals surface area (Å²) in [5.41, 5.74) is 1.62. The highest BCUT2D eigenvalue weighted by molar-refractivity contribution is 6.37. The third-order valence-corrected chi connectivity index (χ3v) is 4.15. The lowest BCUT2D eigenvalue weighted by atomic mass is 10.1. The van der Waals surface area contributed by atoms with Gasteiger partial charge in [0, 0.05) is 21.9 Å². The van der Waals surface area contributed by atoms with Gasteiger partial charge in [0.1, 0.15) is 0 Å². The number of hydrogen-bond donors (Lipinski definition) is 0. The van der Waals surface area contributed by atoms with E-state index in [1.165, 1.54) is 4.90 Å². The molecule has 3 aromatic rings. The zero-order valence-corrected chi connectivity index (χ0v) is 14.6. The number of carbonyl (C=O) groups is 1. The van der Waals surface area contributed by atoms with Crippen LogP contribution in [0.4, 0.5) is 11.4 Å². The second kappa shape index (κ2) is 7.22. The first-order valence-electron chi connectivity index (χ1n) is 7.01. The quantitative estimate of drug-likeness (QED) is 0.559. The van der Waals surface area contributed by atoms with E-state index in [-0.39, 0.29) is 10.9 Å². The van der Waals surface area contributed by atoms with E-state index < -0.39 is 0 Å². The van der Waals surface area contributed by atoms with Crippen LogP contribution in [0.3, 0.4) is 0 Å². The van der Waals surface area contributed by atoms with Crippen molar-refractivity contribution in [2.24, 2.45) is 0 Å². The summed E-state index contributed by atoms with van der Waals surface area (Å²) in [6.45, 7) is 0. The number of amides is 1. The van der Waals surface area contributed by atoms with Crippen molar-refractivity contribution in [3.63, 3.8) is 0 Å². The maximum Gasteiger partial charge on any atom is 0.264 e. The van der Waals surface area contributed by atoms with Crippen LogP contribution >= 0.6 is 34.8 Å². The van der Waals surface area contributed by atoms with E-state index in [0.29, 0.717) is 27.0 Å². The molecule has 3 rings (SSSR count). The molecule has 2 aromatic carbocycles. The summed E-state index contributed by atoms with van der Waals surface area (Å²) in [6, 6.07) is 15.3. The molecular formula is C18H11Cl3N2O. The standard InChI is InChI=1S/C18H11Cl3N2O/c19-12-3-6-14(7-4-12)23(15-2-1-9-22-11-15)18(24)16-8-5-13(20)10-17(16)21/h1-11H. The van der Waals surface area contributed by atoms with Gasteiger partial charge in [-0.1, -0.05) is 34.8 Å². The minimum atomic E-state index is -0.285. The van der Waals surface area contributed by atoms with Crippen LogP contribution in [0.1, 0.15) is 10.4 Å². The number of nitrogens with zero attached hydrogens (tertiary/aromatic N) is 2. The van der Waals surface area contributed by atoms with E-state index >= 15 is 0 Å². The Balaban J connectivity index is 2.10. The van der Waals surface area contributed by atoms with Crippen LogP contribution in [0.2, 0.25) is 15.1 Å². The smallest absolute Gasteiger partial charge is 0.264 e. The number of anilines is 2. The van der Waals surface area contributed by atoms with Crippen molar-refractivity contribution in [1.29, 1.82) is 0 Å². The molecule has 0 radical (unpaired) electrons. The van der Waals surface area contributed by atoms with Crippen molar-refractivity contribution >= 4 is 52.1 Å². The number of hydrogen-bond acceptors (Lipinski definition) is 2. The monoisotopic (exact) mass is 376 g/mol. The molecule has 0 saturated carbocycles. The van der Waals surface area contributed by atoms with Crippen LogP contribution in [0.5, 0.6) is 0 Å². The fourth-order valence-corrected chi connectivity index (χ4v) is 2.86. The van der Waals surface area contributed by atoms with Crippen molar-refractivity contribution in [3.05, 3.63) is 87.6 Å². The van der Waals surface area contributed by atoms with Crippen molar-refractivity contribution in [2.45, 2.75) is 0 Å². The Hall–Kier alpha value is -2.07. The van der Waals surface area contributed by atoms with Crippen molar-refractivity contribution in [1.82, 2.24) is 4.98 Å². The summed E-state index contributed by atoms with van der Waals surface area (Å²) >= 11 is 18.1. The highest BCUT2D eigenvalue weighted by Crippen LogP contribution is 2.30. The lowest BCUT2D eigenvalue weighted by Gasteiger charge is -2.23. The number of halogens is 3. The molecule has 0 saturated heterocycles. The average molecular weight is 378 g/mol. The lowest BCUT2D eigenvalue weighted by molar-refractivity contribution is 0.0999. The summed E-state index contributed by atoms with van der Waals surface area (Å²) < 4.78 is 0. The number of carbonyl (C=O) groups excluding carboxylic acids is 1. The van der Waals surface area contributed by atoms with Gasteiger partial charge < -0.3 is 0 Å². The zero-order chi connectivity index (χ0) is 17.1. The Bertz CT molecular complexity index is 867. The van der Waals surface area contributed by atoms with Gasteiger partial charge >= 0.3 is 0 Å². The molecule has 0 unspecified atom stereocenters. The summed E-state index contributed by atoms with van der Waals surface area (Å²) in [5, 5.41) is 1.34. The molecule has 6 heteroatoms. The molecule has 0 aliphatic rings. The van der Waals surface area contributed by atoms with Gasteiger partial charge in [0.15, 0.2) is 0 Å². The second-order valence-electron chi connectivity index (χ2n) is 4.95. The van der Waals surface area contributed by atoms with Crippen LogP contribution in [0.25, 0.3) is 0 Å². The van der Waals surface area contributed by atoms with E-state index in [1.54, 1.807) is 67.0 Å². The van der Waals surface area contributed by atoms with Crippen LogP contribution < -0.4 is 4.90 Å². The lowest BCUT2D eigenvalue weighted by Crippen LogP contribution is -2.26. The molecule has 0 spiro atoms. The van der Waals surface area contributed by atoms with Gasteiger partial charge in [-0.05, 0) is 54.6 Å². The first kappa shape index (κ1) is 16.8. The zero-order valence-electron chi connectivity index (χ0n) is 12.3. The topological polar surface area (TPSA) is 33.2 Å². The molecule has 0 bridgehead atoms. The van der Waals surface area contributed by atoms with Crippen LogP contribution in [-0.4, -0.2) is 10.9 Å². The maximum absolute atomic E-state index is 13.1. The molecule has 3 nitrogen and oxygen atoms in total. The van der Waals surface area contributed by atoms with E-state index in [2.05, 4.69) is 4.98 Å². The van der Waals surface area contributed by atoms with Gasteiger partial charge in [-0.15, -0.1) is 0 Å². The molecular weight excluding hydrogens is 367 g/mol. The third kappa shape index (κ3) is 3.54. The van der Waals surface area contributed by atoms with Gasteiger partial charge in [-0.3, -0.25) is 14.7 Å². The Morgan fingerprint density at radius 3 is 2.21 bits per heavy atom. The van der Waals surface area contributed by atoms with E-state index in [0.717, 1.165) is 0 Å². The fourth-order valence-electron chi connectivity index (χ4n) is 2.24. The number of aromatic nitrogens is 1. The Morgan fingerprint density at radius 2 is 1.58 bits per heavy atom. The molecule has 120 valence electrons. The Kier molecular flexibility index (Phi) is 5.05. The number of benzene rings is 2. The van der Waals surface area contributed by atoms with Crippen LogP contribution in [0, 0.1) is 0 Å². The molecule has 0 N–H and O–H groups in total. The van der Waals surface area contributed by atoms with Crippen LogP contribution in [-0.2, 0) is 0 Å². The Labute approximate surface area is 154 Å². The minimum absolute atomic E-state index is 0.285. The van der Waals surface area contributed by atoms with Gasteiger partial charge in [0.25, 0.3) is 5.91 Å². The highest BCUT2D eigenvalue weighted by atomic mass is 35.5. The number of pyridine rings is 1. The van der Waals surface area contributed by atoms with Crippen molar-refractivity contribution < 1.29 is 4.79 Å². The first-order valence-corrected chi connectivity index (χ1v) is 8.15. The summed E-state index contributed by atoms with van der Waals surface area (Å²) in [6.07, 6.45) is 3.25. The van der Waals surface area contributed by atoms with Crippen molar-refractivity contribution in [2.75, 3.05) is 4.90 Å². The van der Waals surface area contributed by atoms with E-state index in [4.69, 9.17) is 34.8 Å². The summed E-state index contributed by atoms with van der Waals surface area (Å²) in [4.78, 5) is 18.7. The van der Waals surface area contributed by atoms with E-state index in [1.807, 2.05) is 0 Å². The van der Waals surface area contributed by atoms with Gasteiger partial charge in [-0.25, -0.2) is 0 Å². The van der Waals surface area contributed by atoms with E-state index in [9.17, 15) is 4.79 Å². The molecule has 24 heavy (non-hydrogen) atoms. The van der Waals surface area contributed by atoms with Gasteiger partial charge in [0.05, 0.1) is 22.5 Å². The minimum Gasteiger partial charge on any atom is -0.275 e. The summed E-state index contributed by atoms with van der Waals surface area (Å²) in [7, 11) is 0. The predicted molar refractivity (Wildman–Crippen MR) is 98.6 cm³/mol. The highest BCUT2D eigenvalue weighted by Gasteiger charge is 2.22. The normalized spacial score (nSPS) is 10.5. The first-order chi connectivity index (χ1) is 11.6. The molecule has 1 heterocycles. The largest absolute Gasteiger partial charge is 0.275 e. The molecule has 0 fully saturated rings. The average Bonchev–Trinajstić information content (AvgIpc) is 2.58.